The normalized spacial score (nSPS) is 30.1. The van der Waals surface area contributed by atoms with Crippen LogP contribution in [-0.2, 0) is 11.2 Å². The maximum absolute atomic E-state index is 12.6. The lowest BCUT2D eigenvalue weighted by Gasteiger charge is -2.33. The Kier molecular flexibility index (Phi) is 4.04. The first-order valence-corrected chi connectivity index (χ1v) is 9.18. The van der Waals surface area contributed by atoms with Crippen LogP contribution >= 0.6 is 0 Å². The average molecular weight is 313 g/mol. The van der Waals surface area contributed by atoms with Crippen molar-refractivity contribution in [1.82, 2.24) is 4.90 Å². The highest BCUT2D eigenvalue weighted by Gasteiger charge is 2.57. The van der Waals surface area contributed by atoms with Crippen molar-refractivity contribution in [2.24, 2.45) is 23.7 Å². The summed E-state index contributed by atoms with van der Waals surface area (Å²) in [6.07, 6.45) is 7.27. The van der Waals surface area contributed by atoms with Gasteiger partial charge in [0.25, 0.3) is 0 Å². The zero-order chi connectivity index (χ0) is 15.8. The van der Waals surface area contributed by atoms with E-state index in [0.717, 1.165) is 49.9 Å². The van der Waals surface area contributed by atoms with Crippen molar-refractivity contribution >= 4 is 5.91 Å². The fourth-order valence-corrected chi connectivity index (χ4v) is 4.94. The number of benzene rings is 1. The Morgan fingerprint density at radius 2 is 1.83 bits per heavy atom. The molecule has 0 N–H and O–H groups in total. The summed E-state index contributed by atoms with van der Waals surface area (Å²) in [6, 6.07) is 8.32. The molecule has 2 aliphatic carbocycles. The number of hydrogen-bond donors (Lipinski definition) is 0. The molecule has 1 aromatic rings. The monoisotopic (exact) mass is 313 g/mol. The van der Waals surface area contributed by atoms with E-state index in [9.17, 15) is 4.79 Å². The highest BCUT2D eigenvalue weighted by Crippen LogP contribution is 2.58. The number of carbonyl (C=O) groups excluding carboxylic acids is 1. The van der Waals surface area contributed by atoms with Crippen LogP contribution in [0, 0.1) is 23.7 Å². The second-order valence-corrected chi connectivity index (χ2v) is 7.57. The molecule has 23 heavy (non-hydrogen) atoms. The number of ether oxygens (including phenoxy) is 1. The molecule has 1 aromatic carbocycles. The summed E-state index contributed by atoms with van der Waals surface area (Å²) in [4.78, 5) is 14.8. The van der Waals surface area contributed by atoms with Crippen LogP contribution in [0.4, 0.5) is 0 Å². The summed E-state index contributed by atoms with van der Waals surface area (Å²) in [5.74, 6) is 4.03. The highest BCUT2D eigenvalue weighted by atomic mass is 16.5. The Hall–Kier alpha value is -1.51. The van der Waals surface area contributed by atoms with E-state index < -0.39 is 0 Å². The molecule has 4 rings (SSSR count). The van der Waals surface area contributed by atoms with Crippen molar-refractivity contribution in [1.29, 1.82) is 0 Å². The fourth-order valence-electron chi connectivity index (χ4n) is 4.94. The van der Waals surface area contributed by atoms with Gasteiger partial charge in [-0.15, -0.1) is 0 Å². The van der Waals surface area contributed by atoms with Gasteiger partial charge in [0.2, 0.25) is 5.91 Å². The lowest BCUT2D eigenvalue weighted by molar-refractivity contribution is -0.134. The van der Waals surface area contributed by atoms with E-state index in [-0.39, 0.29) is 0 Å². The molecule has 124 valence electrons. The van der Waals surface area contributed by atoms with Crippen molar-refractivity contribution in [3.63, 3.8) is 0 Å². The Labute approximate surface area is 139 Å². The van der Waals surface area contributed by atoms with Gasteiger partial charge < -0.3 is 9.64 Å². The Morgan fingerprint density at radius 1 is 1.13 bits per heavy atom. The quantitative estimate of drug-likeness (QED) is 0.851. The van der Waals surface area contributed by atoms with E-state index in [1.54, 1.807) is 7.11 Å². The van der Waals surface area contributed by atoms with Crippen LogP contribution in [0.3, 0.4) is 0 Å². The molecule has 2 saturated carbocycles. The van der Waals surface area contributed by atoms with Gasteiger partial charge in [-0.1, -0.05) is 24.6 Å². The molecule has 2 atom stereocenters. The summed E-state index contributed by atoms with van der Waals surface area (Å²) in [5, 5.41) is 0. The molecule has 0 bridgehead atoms. The van der Waals surface area contributed by atoms with E-state index >= 15 is 0 Å². The smallest absolute Gasteiger partial charge is 0.226 e. The molecule has 3 aliphatic rings. The number of piperidine rings is 1. The van der Waals surface area contributed by atoms with Gasteiger partial charge in [-0.05, 0) is 61.5 Å². The summed E-state index contributed by atoms with van der Waals surface area (Å²) in [5.41, 5.74) is 1.30. The van der Waals surface area contributed by atoms with Gasteiger partial charge in [-0.25, -0.2) is 0 Å². The third kappa shape index (κ3) is 2.86. The van der Waals surface area contributed by atoms with Crippen LogP contribution in [0.15, 0.2) is 24.3 Å². The Morgan fingerprint density at radius 3 is 2.52 bits per heavy atom. The third-order valence-corrected chi connectivity index (χ3v) is 6.32. The molecule has 1 heterocycles. The minimum atomic E-state index is 0.398. The molecule has 3 fully saturated rings. The first kappa shape index (κ1) is 15.0. The van der Waals surface area contributed by atoms with Crippen LogP contribution < -0.4 is 4.74 Å². The van der Waals surface area contributed by atoms with Crippen molar-refractivity contribution in [3.8, 4) is 5.75 Å². The molecule has 3 nitrogen and oxygen atoms in total. The van der Waals surface area contributed by atoms with Gasteiger partial charge >= 0.3 is 0 Å². The number of rotatable bonds is 4. The summed E-state index contributed by atoms with van der Waals surface area (Å²) < 4.78 is 5.46. The highest BCUT2D eigenvalue weighted by molar-refractivity contribution is 5.82. The van der Waals surface area contributed by atoms with Crippen LogP contribution in [0.2, 0.25) is 0 Å². The van der Waals surface area contributed by atoms with E-state index in [1.165, 1.54) is 24.8 Å². The molecular formula is C20H27NO2. The molecule has 0 radical (unpaired) electrons. The molecule has 1 aliphatic heterocycles. The summed E-state index contributed by atoms with van der Waals surface area (Å²) in [6.45, 7) is 1.91. The van der Waals surface area contributed by atoms with Gasteiger partial charge in [0.15, 0.2) is 0 Å². The van der Waals surface area contributed by atoms with Gasteiger partial charge in [0.1, 0.15) is 5.75 Å². The van der Waals surface area contributed by atoms with Crippen molar-refractivity contribution in [2.75, 3.05) is 20.2 Å². The van der Waals surface area contributed by atoms with Crippen LogP contribution in [-0.4, -0.2) is 31.0 Å². The van der Waals surface area contributed by atoms with E-state index in [2.05, 4.69) is 17.0 Å². The number of hydrogen-bond acceptors (Lipinski definition) is 2. The maximum Gasteiger partial charge on any atom is 0.226 e. The zero-order valence-electron chi connectivity index (χ0n) is 14.0. The maximum atomic E-state index is 12.6. The SMILES string of the molecule is COc1ccccc1CC1CCN(C(=O)C2[C@H]3CCC[C@H]23)CC1. The standard InChI is InChI=1S/C20H27NO2/c1-23-18-8-3-2-5-15(18)13-14-9-11-21(12-10-14)20(22)19-16-6-4-7-17(16)19/h2-3,5,8,14,16-17,19H,4,6-7,9-13H2,1H3/t16-,17-/m0/s1. The first-order valence-electron chi connectivity index (χ1n) is 9.18. The second kappa shape index (κ2) is 6.18. The predicted molar refractivity (Wildman–Crippen MR) is 90.3 cm³/mol. The topological polar surface area (TPSA) is 29.5 Å². The second-order valence-electron chi connectivity index (χ2n) is 7.57. The fraction of sp³-hybridized carbons (Fsp3) is 0.650. The first-order chi connectivity index (χ1) is 11.3. The number of fused-ring (bicyclic) bond motifs is 1. The lowest BCUT2D eigenvalue weighted by atomic mass is 9.89. The largest absolute Gasteiger partial charge is 0.496 e. The zero-order valence-corrected chi connectivity index (χ0v) is 14.0. The summed E-state index contributed by atoms with van der Waals surface area (Å²) in [7, 11) is 1.74. The molecule has 1 amide bonds. The van der Waals surface area contributed by atoms with Crippen molar-refractivity contribution in [3.05, 3.63) is 29.8 Å². The van der Waals surface area contributed by atoms with E-state index in [4.69, 9.17) is 4.74 Å². The molecular weight excluding hydrogens is 286 g/mol. The lowest BCUT2D eigenvalue weighted by Crippen LogP contribution is -2.40. The number of para-hydroxylation sites is 1. The van der Waals surface area contributed by atoms with Gasteiger partial charge in [-0.3, -0.25) is 4.79 Å². The van der Waals surface area contributed by atoms with Gasteiger partial charge in [-0.2, -0.15) is 0 Å². The third-order valence-electron chi connectivity index (χ3n) is 6.32. The molecule has 0 unspecified atom stereocenters. The number of methoxy groups -OCH3 is 1. The number of amides is 1. The van der Waals surface area contributed by atoms with Crippen molar-refractivity contribution < 1.29 is 9.53 Å². The van der Waals surface area contributed by atoms with Crippen LogP contribution in [0.25, 0.3) is 0 Å². The van der Waals surface area contributed by atoms with E-state index in [1.807, 2.05) is 12.1 Å². The summed E-state index contributed by atoms with van der Waals surface area (Å²) >= 11 is 0. The van der Waals surface area contributed by atoms with Gasteiger partial charge in [0.05, 0.1) is 7.11 Å². The average Bonchev–Trinajstić information content (AvgIpc) is 3.07. The molecule has 0 aromatic heterocycles. The number of nitrogens with zero attached hydrogens (tertiary/aromatic N) is 1. The van der Waals surface area contributed by atoms with Crippen LogP contribution in [0.1, 0.15) is 37.7 Å². The molecule has 0 spiro atoms. The predicted octanol–water partition coefficient (Wildman–Crippen LogP) is 3.52. The van der Waals surface area contributed by atoms with Crippen LogP contribution in [0.5, 0.6) is 5.75 Å². The van der Waals surface area contributed by atoms with Crippen molar-refractivity contribution in [2.45, 2.75) is 38.5 Å². The number of likely N-dealkylation sites (tertiary alicyclic amines) is 1. The molecule has 1 saturated heterocycles. The minimum Gasteiger partial charge on any atom is -0.496 e. The van der Waals surface area contributed by atoms with E-state index in [0.29, 0.717) is 17.7 Å². The Balaban J connectivity index is 1.30. The minimum absolute atomic E-state index is 0.398. The Bertz CT molecular complexity index is 567. The number of carbonyl (C=O) groups is 1. The molecule has 3 heteroatoms. The van der Waals surface area contributed by atoms with Gasteiger partial charge in [0, 0.05) is 19.0 Å².